The van der Waals surface area contributed by atoms with Gasteiger partial charge < -0.3 is 43.5 Å². The molecule has 2 aliphatic carbocycles. The van der Waals surface area contributed by atoms with Crippen LogP contribution in [0.2, 0.25) is 0 Å². The molecule has 1 amide bonds. The van der Waals surface area contributed by atoms with Crippen molar-refractivity contribution in [2.24, 2.45) is 22.9 Å². The van der Waals surface area contributed by atoms with Crippen molar-refractivity contribution in [3.05, 3.63) is 136 Å². The van der Waals surface area contributed by atoms with Gasteiger partial charge in [0, 0.05) is 55.4 Å². The van der Waals surface area contributed by atoms with E-state index >= 15 is 4.79 Å². The first-order valence-electron chi connectivity index (χ1n) is 22.7. The average Bonchev–Trinajstić information content (AvgIpc) is 3.81. The predicted octanol–water partition coefficient (Wildman–Crippen LogP) is 9.28. The average molecular weight is 918 g/mol. The maximum Gasteiger partial charge on any atom is 0.416 e. The Hall–Kier alpha value is -6.75. The Morgan fingerprint density at radius 2 is 1.69 bits per heavy atom. The van der Waals surface area contributed by atoms with Crippen LogP contribution in [0.4, 0.5) is 10.5 Å². The zero-order valence-corrected chi connectivity index (χ0v) is 37.3. The van der Waals surface area contributed by atoms with Crippen LogP contribution in [0.25, 0.3) is 0 Å². The summed E-state index contributed by atoms with van der Waals surface area (Å²) in [7, 11) is 0. The summed E-state index contributed by atoms with van der Waals surface area (Å²) in [6, 6.07) is 22.2. The van der Waals surface area contributed by atoms with Crippen LogP contribution >= 0.6 is 0 Å². The highest BCUT2D eigenvalue weighted by molar-refractivity contribution is 6.03. The summed E-state index contributed by atoms with van der Waals surface area (Å²) in [5, 5.41) is 36.3. The SMILES string of the molecule is C=CCO[C@@]12Oc3ccc(Oc4cccc(C=O)c4)cc3[C@H]3[C@H](CCCCO)[C@@H](CCCCO)C=C(C(=NOCC)C[C@@H]1N(Cc1ccc4c(c1)OCO4)C(=O)Oc1ccc([N+](=O)[O-])cc1)[C@H]32. The number of oxime groups is 1. The number of fused-ring (bicyclic) bond motifs is 3. The van der Waals surface area contributed by atoms with Gasteiger partial charge in [0.15, 0.2) is 11.5 Å². The number of nitro benzene ring substituents is 1. The van der Waals surface area contributed by atoms with Crippen molar-refractivity contribution in [3.63, 3.8) is 0 Å². The minimum absolute atomic E-state index is 0.0152. The van der Waals surface area contributed by atoms with E-state index in [1.54, 1.807) is 53.4 Å². The lowest BCUT2D eigenvalue weighted by atomic mass is 9.55. The molecule has 352 valence electrons. The topological polar surface area (TPSA) is 198 Å². The third-order valence-corrected chi connectivity index (χ3v) is 12.8. The van der Waals surface area contributed by atoms with E-state index in [0.717, 1.165) is 36.7 Å². The van der Waals surface area contributed by atoms with E-state index in [9.17, 15) is 25.1 Å². The van der Waals surface area contributed by atoms with Crippen LogP contribution in [0.3, 0.4) is 0 Å². The Bertz CT molecular complexity index is 2490. The van der Waals surface area contributed by atoms with Gasteiger partial charge in [0.2, 0.25) is 12.6 Å². The lowest BCUT2D eigenvalue weighted by Crippen LogP contribution is -2.70. The van der Waals surface area contributed by atoms with Crippen LogP contribution in [-0.4, -0.2) is 83.2 Å². The van der Waals surface area contributed by atoms with Gasteiger partial charge in [-0.2, -0.15) is 0 Å². The molecule has 16 heteroatoms. The number of unbranched alkanes of at least 4 members (excludes halogenated alkanes) is 2. The highest BCUT2D eigenvalue weighted by Gasteiger charge is 2.66. The fraction of sp³-hybridized carbons (Fsp3) is 0.392. The fourth-order valence-electron chi connectivity index (χ4n) is 9.98. The zero-order chi connectivity index (χ0) is 46.9. The van der Waals surface area contributed by atoms with Gasteiger partial charge in [-0.25, -0.2) is 4.79 Å². The van der Waals surface area contributed by atoms with E-state index in [2.05, 4.69) is 12.7 Å². The summed E-state index contributed by atoms with van der Waals surface area (Å²) in [4.78, 5) is 45.2. The van der Waals surface area contributed by atoms with Gasteiger partial charge in [-0.3, -0.25) is 19.8 Å². The molecule has 4 aromatic carbocycles. The Morgan fingerprint density at radius 1 is 0.940 bits per heavy atom. The van der Waals surface area contributed by atoms with Crippen LogP contribution in [0.1, 0.15) is 79.3 Å². The first kappa shape index (κ1) is 46.8. The van der Waals surface area contributed by atoms with Gasteiger partial charge in [-0.05, 0) is 110 Å². The lowest BCUT2D eigenvalue weighted by molar-refractivity contribution is -0.384. The molecule has 4 aromatic rings. The van der Waals surface area contributed by atoms with Crippen LogP contribution in [0, 0.1) is 27.9 Å². The second-order valence-electron chi connectivity index (χ2n) is 16.9. The number of hydrogen-bond acceptors (Lipinski definition) is 14. The van der Waals surface area contributed by atoms with Gasteiger partial charge in [-0.15, -0.1) is 6.58 Å². The molecule has 6 atom stereocenters. The highest BCUT2D eigenvalue weighted by atomic mass is 16.7. The molecule has 67 heavy (non-hydrogen) atoms. The molecule has 0 bridgehead atoms. The second-order valence-corrected chi connectivity index (χ2v) is 16.9. The molecule has 2 aliphatic heterocycles. The number of carbonyl (C=O) groups is 2. The molecule has 0 unspecified atom stereocenters. The molecule has 1 saturated carbocycles. The van der Waals surface area contributed by atoms with Crippen LogP contribution < -0.4 is 23.7 Å². The van der Waals surface area contributed by atoms with Crippen LogP contribution in [0.5, 0.6) is 34.5 Å². The molecule has 0 spiro atoms. The number of aldehydes is 1. The summed E-state index contributed by atoms with van der Waals surface area (Å²) >= 11 is 0. The van der Waals surface area contributed by atoms with E-state index in [1.807, 2.05) is 25.1 Å². The number of amides is 1. The third-order valence-electron chi connectivity index (χ3n) is 12.8. The molecule has 2 N–H and O–H groups in total. The standard InChI is InChI=1S/C51H55N3O13/c1-3-24-63-51-47(53(30-33-14-20-45-46(26-33)62-32-61-45)50(58)66-37-17-15-36(16-18-37)54(59)60)29-43(52-64-4-2)41-27-35(11-5-7-22-55)40(13-6-8-23-56)48(49(41)51)42-28-39(19-21-44(42)67-51)65-38-12-9-10-34(25-38)31-57/h3,9-10,12,14-21,25-28,31,35,40,47-49,55-56H,1,4-8,11,13,22-24,29-30,32H2,2H3/t35-,40+,47-,48+,49+,51+/m0/s1. The first-order chi connectivity index (χ1) is 32.7. The number of hydrogen-bond donors (Lipinski definition) is 2. The number of carbonyl (C=O) groups excluding carboxylic acids is 2. The molecular weight excluding hydrogens is 863 g/mol. The van der Waals surface area contributed by atoms with Crippen LogP contribution in [0.15, 0.2) is 114 Å². The van der Waals surface area contributed by atoms with E-state index in [-0.39, 0.29) is 75.4 Å². The molecule has 0 radical (unpaired) electrons. The van der Waals surface area contributed by atoms with Gasteiger partial charge in [-0.1, -0.05) is 48.3 Å². The van der Waals surface area contributed by atoms with E-state index in [1.165, 1.54) is 24.3 Å². The van der Waals surface area contributed by atoms with Crippen LogP contribution in [-0.2, 0) is 16.1 Å². The van der Waals surface area contributed by atoms with Crippen molar-refractivity contribution in [3.8, 4) is 34.5 Å². The third kappa shape index (κ3) is 10.0. The Kier molecular flexibility index (Phi) is 14.8. The number of non-ortho nitro benzene ring substituents is 1. The molecule has 0 aromatic heterocycles. The Balaban J connectivity index is 1.33. The largest absolute Gasteiger partial charge is 0.459 e. The predicted molar refractivity (Wildman–Crippen MR) is 246 cm³/mol. The van der Waals surface area contributed by atoms with Crippen molar-refractivity contribution in [2.75, 3.05) is 33.2 Å². The quantitative estimate of drug-likeness (QED) is 0.0264. The zero-order valence-electron chi connectivity index (χ0n) is 37.3. The fourth-order valence-corrected chi connectivity index (χ4v) is 9.98. The summed E-state index contributed by atoms with van der Waals surface area (Å²) in [5.74, 6) is -0.0519. The normalized spacial score (nSPS) is 22.6. The Labute approximate surface area is 388 Å². The molecule has 2 heterocycles. The molecule has 0 saturated heterocycles. The summed E-state index contributed by atoms with van der Waals surface area (Å²) in [6.45, 7) is 6.25. The highest BCUT2D eigenvalue weighted by Crippen LogP contribution is 2.62. The molecule has 1 fully saturated rings. The van der Waals surface area contributed by atoms with Gasteiger partial charge in [0.1, 0.15) is 41.9 Å². The van der Waals surface area contributed by atoms with Crippen molar-refractivity contribution in [1.82, 2.24) is 4.90 Å². The number of nitro groups is 1. The summed E-state index contributed by atoms with van der Waals surface area (Å²) in [5.41, 5.74) is 3.24. The maximum absolute atomic E-state index is 15.1. The number of ether oxygens (including phenoxy) is 6. The molecular formula is C51H55N3O13. The van der Waals surface area contributed by atoms with Crippen molar-refractivity contribution >= 4 is 23.8 Å². The van der Waals surface area contributed by atoms with Crippen molar-refractivity contribution in [1.29, 1.82) is 0 Å². The summed E-state index contributed by atoms with van der Waals surface area (Å²) in [6.07, 6.45) is 8.10. The van der Waals surface area contributed by atoms with Crippen molar-refractivity contribution in [2.45, 2.75) is 76.2 Å². The number of aliphatic hydroxyl groups excluding tert-OH is 2. The monoisotopic (exact) mass is 917 g/mol. The maximum atomic E-state index is 15.1. The number of aliphatic hydroxyl groups is 2. The molecule has 4 aliphatic rings. The van der Waals surface area contributed by atoms with E-state index < -0.39 is 28.8 Å². The van der Waals surface area contributed by atoms with Crippen molar-refractivity contribution < 1.29 is 58.0 Å². The van der Waals surface area contributed by atoms with Gasteiger partial charge >= 0.3 is 6.09 Å². The number of rotatable bonds is 21. The minimum Gasteiger partial charge on any atom is -0.459 e. The molecule has 16 nitrogen and oxygen atoms in total. The van der Waals surface area contributed by atoms with Gasteiger partial charge in [0.25, 0.3) is 5.69 Å². The number of allylic oxidation sites excluding steroid dienone is 1. The van der Waals surface area contributed by atoms with Gasteiger partial charge in [0.05, 0.1) is 23.2 Å². The smallest absolute Gasteiger partial charge is 0.416 e. The molecule has 8 rings (SSSR count). The van der Waals surface area contributed by atoms with E-state index in [4.69, 9.17) is 38.4 Å². The number of nitrogens with zero attached hydrogens (tertiary/aromatic N) is 3. The minimum atomic E-state index is -1.63. The first-order valence-corrected chi connectivity index (χ1v) is 22.7. The van der Waals surface area contributed by atoms with E-state index in [0.29, 0.717) is 64.8 Å². The number of benzene rings is 4. The Morgan fingerprint density at radius 3 is 2.43 bits per heavy atom. The lowest BCUT2D eigenvalue weighted by Gasteiger charge is -2.59. The summed E-state index contributed by atoms with van der Waals surface area (Å²) < 4.78 is 38.3. The second kappa shape index (κ2) is 21.3.